The van der Waals surface area contributed by atoms with Crippen molar-refractivity contribution in [3.63, 3.8) is 0 Å². The van der Waals surface area contributed by atoms with Crippen LogP contribution in [0.4, 0.5) is 0 Å². The molecule has 0 atom stereocenters. The molecule has 18 heavy (non-hydrogen) atoms. The Kier molecular flexibility index (Phi) is 2.99. The van der Waals surface area contributed by atoms with Gasteiger partial charge in [-0.1, -0.05) is 11.2 Å². The van der Waals surface area contributed by atoms with Crippen molar-refractivity contribution in [2.75, 3.05) is 0 Å². The minimum atomic E-state index is -0.926. The van der Waals surface area contributed by atoms with Crippen molar-refractivity contribution < 1.29 is 14.4 Å². The maximum atomic E-state index is 12.0. The number of ketones is 1. The van der Waals surface area contributed by atoms with E-state index in [2.05, 4.69) is 5.16 Å². The Morgan fingerprint density at radius 3 is 2.50 bits per heavy atom. The highest BCUT2D eigenvalue weighted by Gasteiger charge is 2.40. The fraction of sp³-hybridized carbons (Fsp3) is 0.308. The molecular weight excluding hydrogens is 254 g/mol. The molecule has 5 heteroatoms. The van der Waals surface area contributed by atoms with E-state index >= 15 is 0 Å². The lowest BCUT2D eigenvalue weighted by Crippen LogP contribution is -2.33. The molecular formula is C13H12ClNO3. The lowest BCUT2D eigenvalue weighted by Gasteiger charge is -2.11. The van der Waals surface area contributed by atoms with Gasteiger partial charge < -0.3 is 4.84 Å². The first-order valence-electron chi connectivity index (χ1n) is 5.45. The fourth-order valence-corrected chi connectivity index (χ4v) is 1.96. The van der Waals surface area contributed by atoms with Crippen molar-refractivity contribution in [3.8, 4) is 0 Å². The van der Waals surface area contributed by atoms with E-state index in [1.54, 1.807) is 39.0 Å². The molecule has 1 heterocycles. The molecule has 94 valence electrons. The van der Waals surface area contributed by atoms with E-state index in [1.165, 1.54) is 0 Å². The Balaban J connectivity index is 2.40. The summed E-state index contributed by atoms with van der Waals surface area (Å²) in [5.74, 6) is -0.174. The number of carbonyl (C=O) groups is 2. The molecule has 2 rings (SSSR count). The third-order valence-electron chi connectivity index (χ3n) is 2.84. The number of hydrogen-bond acceptors (Lipinski definition) is 4. The van der Waals surface area contributed by atoms with E-state index in [4.69, 9.17) is 16.4 Å². The molecule has 1 aliphatic rings. The van der Waals surface area contributed by atoms with Crippen LogP contribution in [-0.4, -0.2) is 22.3 Å². The lowest BCUT2D eigenvalue weighted by molar-refractivity contribution is -0.128. The largest absolute Gasteiger partial charge is 0.381 e. The first-order valence-corrected chi connectivity index (χ1v) is 5.82. The second-order valence-electron chi connectivity index (χ2n) is 4.67. The molecule has 0 fully saturated rings. The summed E-state index contributed by atoms with van der Waals surface area (Å²) in [6.07, 6.45) is 0. The van der Waals surface area contributed by atoms with Crippen LogP contribution in [0.15, 0.2) is 23.4 Å². The third-order valence-corrected chi connectivity index (χ3v) is 3.04. The third kappa shape index (κ3) is 2.04. The van der Waals surface area contributed by atoms with Gasteiger partial charge in [0.2, 0.25) is 5.78 Å². The van der Waals surface area contributed by atoms with Crippen molar-refractivity contribution >= 4 is 28.3 Å². The predicted octanol–water partition coefficient (Wildman–Crippen LogP) is 2.46. The summed E-state index contributed by atoms with van der Waals surface area (Å²) in [5, 5.41) is 3.29. The number of benzene rings is 1. The summed E-state index contributed by atoms with van der Waals surface area (Å²) in [6, 6.07) is 4.93. The molecule has 0 saturated heterocycles. The van der Waals surface area contributed by atoms with Gasteiger partial charge in [-0.15, -0.1) is 0 Å². The molecule has 0 aromatic heterocycles. The van der Waals surface area contributed by atoms with Gasteiger partial charge in [0.05, 0.1) is 0 Å². The number of nitrogens with zero attached hydrogens (tertiary/aromatic N) is 1. The quantitative estimate of drug-likeness (QED) is 0.772. The summed E-state index contributed by atoms with van der Waals surface area (Å²) in [5.41, 5.74) is 1.10. The number of aryl methyl sites for hydroxylation is 1. The fourth-order valence-electron chi connectivity index (χ4n) is 1.74. The SMILES string of the molecule is Cc1cc(C2=NOC(C)(C)C2=O)ccc1C(=O)Cl. The van der Waals surface area contributed by atoms with Gasteiger partial charge in [0, 0.05) is 11.1 Å². The van der Waals surface area contributed by atoms with Gasteiger partial charge in [0.1, 0.15) is 0 Å². The maximum absolute atomic E-state index is 12.0. The summed E-state index contributed by atoms with van der Waals surface area (Å²) < 4.78 is 0. The monoisotopic (exact) mass is 265 g/mol. The highest BCUT2D eigenvalue weighted by molar-refractivity contribution is 6.68. The van der Waals surface area contributed by atoms with E-state index < -0.39 is 10.8 Å². The summed E-state index contributed by atoms with van der Waals surface area (Å²) >= 11 is 5.43. The van der Waals surface area contributed by atoms with Crippen molar-refractivity contribution in [2.24, 2.45) is 5.16 Å². The number of halogens is 1. The zero-order valence-electron chi connectivity index (χ0n) is 10.3. The van der Waals surface area contributed by atoms with Gasteiger partial charge in [-0.3, -0.25) is 9.59 Å². The first-order chi connectivity index (χ1) is 8.33. The van der Waals surface area contributed by atoms with Crippen LogP contribution in [0, 0.1) is 6.92 Å². The van der Waals surface area contributed by atoms with Crippen LogP contribution in [0.3, 0.4) is 0 Å². The van der Waals surface area contributed by atoms with Crippen molar-refractivity contribution in [1.82, 2.24) is 0 Å². The number of Topliss-reactive ketones (excluding diaryl/α,β-unsaturated/α-hetero) is 1. The van der Waals surface area contributed by atoms with Crippen LogP contribution in [0.5, 0.6) is 0 Å². The lowest BCUT2D eigenvalue weighted by atomic mass is 9.94. The van der Waals surface area contributed by atoms with Crippen molar-refractivity contribution in [1.29, 1.82) is 0 Å². The van der Waals surface area contributed by atoms with E-state index in [9.17, 15) is 9.59 Å². The van der Waals surface area contributed by atoms with Crippen LogP contribution >= 0.6 is 11.6 Å². The molecule has 1 aliphatic heterocycles. The zero-order valence-corrected chi connectivity index (χ0v) is 11.0. The Bertz CT molecular complexity index is 576. The maximum Gasteiger partial charge on any atom is 0.252 e. The normalized spacial score (nSPS) is 17.3. The summed E-state index contributed by atoms with van der Waals surface area (Å²) in [6.45, 7) is 5.08. The van der Waals surface area contributed by atoms with Crippen molar-refractivity contribution in [2.45, 2.75) is 26.4 Å². The predicted molar refractivity (Wildman–Crippen MR) is 68.1 cm³/mol. The number of oxime groups is 1. The number of rotatable bonds is 2. The zero-order chi connectivity index (χ0) is 13.5. The van der Waals surface area contributed by atoms with Gasteiger partial charge in [-0.05, 0) is 50.1 Å². The molecule has 0 spiro atoms. The average Bonchev–Trinajstić information content (AvgIpc) is 2.53. The van der Waals surface area contributed by atoms with Crippen LogP contribution in [0.2, 0.25) is 0 Å². The molecule has 0 N–H and O–H groups in total. The smallest absolute Gasteiger partial charge is 0.252 e. The standard InChI is InChI=1S/C13H12ClNO3/c1-7-6-8(4-5-9(7)12(14)17)10-11(16)13(2,3)18-15-10/h4-6H,1-3H3. The van der Waals surface area contributed by atoms with Gasteiger partial charge in [0.15, 0.2) is 11.3 Å². The summed E-state index contributed by atoms with van der Waals surface area (Å²) in [7, 11) is 0. The summed E-state index contributed by atoms with van der Waals surface area (Å²) in [4.78, 5) is 28.2. The second kappa shape index (κ2) is 4.21. The molecule has 0 unspecified atom stereocenters. The molecule has 4 nitrogen and oxygen atoms in total. The number of hydrogen-bond donors (Lipinski definition) is 0. The van der Waals surface area contributed by atoms with E-state index in [0.717, 1.165) is 0 Å². The van der Waals surface area contributed by atoms with Crippen molar-refractivity contribution in [3.05, 3.63) is 34.9 Å². The first kappa shape index (κ1) is 12.8. The molecule has 0 amide bonds. The Morgan fingerprint density at radius 2 is 2.06 bits per heavy atom. The molecule has 1 aromatic carbocycles. The van der Waals surface area contributed by atoms with E-state index in [0.29, 0.717) is 16.7 Å². The molecule has 1 aromatic rings. The minimum Gasteiger partial charge on any atom is -0.381 e. The molecule has 0 radical (unpaired) electrons. The van der Waals surface area contributed by atoms with Gasteiger partial charge in [-0.2, -0.15) is 0 Å². The Morgan fingerprint density at radius 1 is 1.39 bits per heavy atom. The molecule has 0 saturated carbocycles. The molecule has 0 bridgehead atoms. The van der Waals surface area contributed by atoms with E-state index in [1.807, 2.05) is 0 Å². The van der Waals surface area contributed by atoms with Gasteiger partial charge in [0.25, 0.3) is 5.24 Å². The van der Waals surface area contributed by atoms with Crippen LogP contribution in [0.25, 0.3) is 0 Å². The van der Waals surface area contributed by atoms with Crippen LogP contribution in [-0.2, 0) is 9.63 Å². The second-order valence-corrected chi connectivity index (χ2v) is 5.02. The van der Waals surface area contributed by atoms with Crippen LogP contribution < -0.4 is 0 Å². The highest BCUT2D eigenvalue weighted by atomic mass is 35.5. The Labute approximate surface area is 110 Å². The average molecular weight is 266 g/mol. The van der Waals surface area contributed by atoms with Gasteiger partial charge in [-0.25, -0.2) is 0 Å². The van der Waals surface area contributed by atoms with E-state index in [-0.39, 0.29) is 11.5 Å². The topological polar surface area (TPSA) is 55.7 Å². The van der Waals surface area contributed by atoms with Gasteiger partial charge >= 0.3 is 0 Å². The number of carbonyl (C=O) groups excluding carboxylic acids is 2. The van der Waals surface area contributed by atoms with Crippen LogP contribution in [0.1, 0.15) is 35.3 Å². The minimum absolute atomic E-state index is 0.174. The Hall–Kier alpha value is -1.68. The highest BCUT2D eigenvalue weighted by Crippen LogP contribution is 2.23. The molecule has 0 aliphatic carbocycles.